The third kappa shape index (κ3) is 2.74. The normalized spacial score (nSPS) is 10.9. The summed E-state index contributed by atoms with van der Waals surface area (Å²) in [7, 11) is 1.70. The van der Waals surface area contributed by atoms with Crippen molar-refractivity contribution in [3.63, 3.8) is 0 Å². The lowest BCUT2D eigenvalue weighted by Gasteiger charge is -2.16. The van der Waals surface area contributed by atoms with Crippen molar-refractivity contribution < 1.29 is 4.74 Å². The largest absolute Gasteiger partial charge is 0.496 e. The zero-order valence-electron chi connectivity index (χ0n) is 12.7. The summed E-state index contributed by atoms with van der Waals surface area (Å²) >= 11 is 0. The van der Waals surface area contributed by atoms with Crippen molar-refractivity contribution >= 4 is 5.82 Å². The predicted molar refractivity (Wildman–Crippen MR) is 82.0 cm³/mol. The molecule has 0 spiro atoms. The van der Waals surface area contributed by atoms with Crippen LogP contribution in [0.25, 0.3) is 11.3 Å². The number of anilines is 1. The minimum Gasteiger partial charge on any atom is -0.496 e. The van der Waals surface area contributed by atoms with E-state index in [0.717, 1.165) is 22.6 Å². The second-order valence-electron chi connectivity index (χ2n) is 5.29. The fourth-order valence-corrected chi connectivity index (χ4v) is 2.33. The second kappa shape index (κ2) is 5.49. The molecule has 0 fully saturated rings. The van der Waals surface area contributed by atoms with E-state index in [9.17, 15) is 0 Å². The van der Waals surface area contributed by atoms with E-state index in [1.807, 2.05) is 13.0 Å². The van der Waals surface area contributed by atoms with Gasteiger partial charge >= 0.3 is 0 Å². The topological polar surface area (TPSA) is 61.0 Å². The van der Waals surface area contributed by atoms with E-state index in [1.165, 1.54) is 5.56 Å². The third-order valence-corrected chi connectivity index (χ3v) is 3.33. The lowest BCUT2D eigenvalue weighted by molar-refractivity contribution is 0.407. The predicted octanol–water partition coefficient (Wildman–Crippen LogP) is 3.47. The molecule has 0 aliphatic carbocycles. The monoisotopic (exact) mass is 271 g/mol. The van der Waals surface area contributed by atoms with Crippen LogP contribution in [0, 0.1) is 13.8 Å². The molecule has 2 rings (SSSR count). The summed E-state index contributed by atoms with van der Waals surface area (Å²) in [6, 6.07) is 6.00. The fourth-order valence-electron chi connectivity index (χ4n) is 2.33. The zero-order chi connectivity index (χ0) is 14.9. The van der Waals surface area contributed by atoms with Gasteiger partial charge in [-0.15, -0.1) is 0 Å². The van der Waals surface area contributed by atoms with Crippen LogP contribution >= 0.6 is 0 Å². The molecular formula is C16H21N3O. The van der Waals surface area contributed by atoms with Crippen molar-refractivity contribution in [2.45, 2.75) is 33.6 Å². The minimum atomic E-state index is 0.379. The molecule has 0 bridgehead atoms. The highest BCUT2D eigenvalue weighted by atomic mass is 16.5. The van der Waals surface area contributed by atoms with Gasteiger partial charge in [0.2, 0.25) is 0 Å². The Kier molecular flexibility index (Phi) is 3.93. The van der Waals surface area contributed by atoms with Crippen molar-refractivity contribution in [2.24, 2.45) is 0 Å². The Balaban J connectivity index is 2.64. The maximum absolute atomic E-state index is 5.82. The summed E-state index contributed by atoms with van der Waals surface area (Å²) in [6.45, 7) is 8.20. The Labute approximate surface area is 120 Å². The number of benzene rings is 1. The van der Waals surface area contributed by atoms with Crippen LogP contribution in [0.2, 0.25) is 0 Å². The minimum absolute atomic E-state index is 0.379. The van der Waals surface area contributed by atoms with E-state index in [4.69, 9.17) is 10.5 Å². The van der Waals surface area contributed by atoms with Gasteiger partial charge in [-0.25, -0.2) is 9.97 Å². The van der Waals surface area contributed by atoms with Crippen molar-refractivity contribution in [2.75, 3.05) is 12.8 Å². The lowest BCUT2D eigenvalue weighted by atomic mass is 9.95. The molecular weight excluding hydrogens is 250 g/mol. The fraction of sp³-hybridized carbons (Fsp3) is 0.375. The van der Waals surface area contributed by atoms with Gasteiger partial charge in [0.25, 0.3) is 0 Å². The molecule has 1 heterocycles. The number of aromatic nitrogens is 2. The summed E-state index contributed by atoms with van der Waals surface area (Å²) in [5.74, 6) is 2.47. The zero-order valence-corrected chi connectivity index (χ0v) is 12.7. The number of ether oxygens (including phenoxy) is 1. The van der Waals surface area contributed by atoms with Gasteiger partial charge in [0.1, 0.15) is 17.4 Å². The van der Waals surface area contributed by atoms with Crippen molar-refractivity contribution in [3.8, 4) is 17.0 Å². The Hall–Kier alpha value is -2.10. The SMILES string of the molecule is COc1cc(C)c(-c2cc(N)nc(C)n2)cc1C(C)C. The van der Waals surface area contributed by atoms with Crippen LogP contribution in [0.15, 0.2) is 18.2 Å². The highest BCUT2D eigenvalue weighted by Crippen LogP contribution is 2.34. The van der Waals surface area contributed by atoms with Gasteiger partial charge in [0.15, 0.2) is 0 Å². The van der Waals surface area contributed by atoms with Gasteiger partial charge in [-0.1, -0.05) is 13.8 Å². The molecule has 0 atom stereocenters. The Morgan fingerprint density at radius 1 is 1.10 bits per heavy atom. The molecule has 2 aromatic rings. The Morgan fingerprint density at radius 2 is 1.80 bits per heavy atom. The first-order valence-electron chi connectivity index (χ1n) is 6.72. The molecule has 1 aromatic carbocycles. The molecule has 0 saturated heterocycles. The van der Waals surface area contributed by atoms with Crippen LogP contribution in [0.4, 0.5) is 5.82 Å². The number of rotatable bonds is 3. The van der Waals surface area contributed by atoms with Crippen LogP contribution < -0.4 is 10.5 Å². The first kappa shape index (κ1) is 14.3. The molecule has 2 N–H and O–H groups in total. The average Bonchev–Trinajstić information content (AvgIpc) is 2.36. The maximum atomic E-state index is 5.82. The quantitative estimate of drug-likeness (QED) is 0.928. The molecule has 0 saturated carbocycles. The summed E-state index contributed by atoms with van der Waals surface area (Å²) in [5, 5.41) is 0. The van der Waals surface area contributed by atoms with Crippen molar-refractivity contribution in [1.82, 2.24) is 9.97 Å². The number of aryl methyl sites for hydroxylation is 2. The number of hydrogen-bond donors (Lipinski definition) is 1. The maximum Gasteiger partial charge on any atom is 0.128 e. The smallest absolute Gasteiger partial charge is 0.128 e. The Bertz CT molecular complexity index is 616. The van der Waals surface area contributed by atoms with E-state index in [0.29, 0.717) is 17.6 Å². The molecule has 0 aliphatic rings. The van der Waals surface area contributed by atoms with Crippen molar-refractivity contribution in [1.29, 1.82) is 0 Å². The molecule has 0 unspecified atom stereocenters. The number of methoxy groups -OCH3 is 1. The summed E-state index contributed by atoms with van der Waals surface area (Å²) in [6.07, 6.45) is 0. The van der Waals surface area contributed by atoms with E-state index >= 15 is 0 Å². The van der Waals surface area contributed by atoms with E-state index in [2.05, 4.69) is 42.9 Å². The van der Waals surface area contributed by atoms with Crippen molar-refractivity contribution in [3.05, 3.63) is 35.2 Å². The third-order valence-electron chi connectivity index (χ3n) is 3.33. The first-order valence-corrected chi connectivity index (χ1v) is 6.72. The lowest BCUT2D eigenvalue weighted by Crippen LogP contribution is -2.01. The molecule has 0 amide bonds. The highest BCUT2D eigenvalue weighted by Gasteiger charge is 2.13. The van der Waals surface area contributed by atoms with Gasteiger partial charge in [-0.2, -0.15) is 0 Å². The number of nitrogens with two attached hydrogens (primary N) is 1. The van der Waals surface area contributed by atoms with Crippen LogP contribution in [-0.2, 0) is 0 Å². The standard InChI is InChI=1S/C16H21N3O/c1-9(2)12-7-13(10(3)6-15(12)20-5)14-8-16(17)19-11(4)18-14/h6-9H,1-5H3,(H2,17,18,19). The number of hydrogen-bond acceptors (Lipinski definition) is 4. The van der Waals surface area contributed by atoms with Gasteiger partial charge in [-0.3, -0.25) is 0 Å². The summed E-state index contributed by atoms with van der Waals surface area (Å²) in [5.41, 5.74) is 10.0. The van der Waals surface area contributed by atoms with Gasteiger partial charge < -0.3 is 10.5 Å². The molecule has 0 aliphatic heterocycles. The van der Waals surface area contributed by atoms with Gasteiger partial charge in [0.05, 0.1) is 12.8 Å². The summed E-state index contributed by atoms with van der Waals surface area (Å²) < 4.78 is 5.47. The van der Waals surface area contributed by atoms with Gasteiger partial charge in [0, 0.05) is 11.6 Å². The molecule has 4 heteroatoms. The highest BCUT2D eigenvalue weighted by molar-refractivity contribution is 5.68. The Morgan fingerprint density at radius 3 is 2.35 bits per heavy atom. The van der Waals surface area contributed by atoms with E-state index < -0.39 is 0 Å². The average molecular weight is 271 g/mol. The van der Waals surface area contributed by atoms with Crippen LogP contribution in [-0.4, -0.2) is 17.1 Å². The molecule has 4 nitrogen and oxygen atoms in total. The van der Waals surface area contributed by atoms with Crippen LogP contribution in [0.3, 0.4) is 0 Å². The van der Waals surface area contributed by atoms with Gasteiger partial charge in [-0.05, 0) is 43.0 Å². The summed E-state index contributed by atoms with van der Waals surface area (Å²) in [4.78, 5) is 8.61. The van der Waals surface area contributed by atoms with Crippen LogP contribution in [0.5, 0.6) is 5.75 Å². The van der Waals surface area contributed by atoms with Crippen LogP contribution in [0.1, 0.15) is 36.7 Å². The number of nitrogens with zero attached hydrogens (tertiary/aromatic N) is 2. The molecule has 20 heavy (non-hydrogen) atoms. The first-order chi connectivity index (χ1) is 9.42. The van der Waals surface area contributed by atoms with E-state index in [1.54, 1.807) is 7.11 Å². The van der Waals surface area contributed by atoms with E-state index in [-0.39, 0.29) is 0 Å². The molecule has 106 valence electrons. The second-order valence-corrected chi connectivity index (χ2v) is 5.29. The molecule has 1 aromatic heterocycles. The molecule has 0 radical (unpaired) electrons. The number of nitrogen functional groups attached to an aromatic ring is 1.